The molecule has 0 atom stereocenters. The normalized spacial score (nSPS) is 9.87. The van der Waals surface area contributed by atoms with Crippen LogP contribution in [0.15, 0.2) is 30.9 Å². The van der Waals surface area contributed by atoms with Gasteiger partial charge in [-0.3, -0.25) is 10.1 Å². The Kier molecular flexibility index (Phi) is 3.82. The Morgan fingerprint density at radius 3 is 2.93 bits per heavy atom. The lowest BCUT2D eigenvalue weighted by molar-refractivity contribution is -0.386. The molecule has 0 aromatic heterocycles. The number of hydrogen-bond donors (Lipinski definition) is 1. The molecule has 1 aromatic carbocycles. The van der Waals surface area contributed by atoms with Crippen LogP contribution < -0.4 is 0 Å². The average Bonchev–Trinajstić information content (AvgIpc) is 2.18. The third-order valence-corrected chi connectivity index (χ3v) is 1.75. The summed E-state index contributed by atoms with van der Waals surface area (Å²) in [6, 6.07) is 3.85. The van der Waals surface area contributed by atoms with Gasteiger partial charge in [-0.05, 0) is 12.1 Å². The zero-order valence-electron chi connectivity index (χ0n) is 8.05. The number of nitro benzene ring substituents is 1. The Bertz CT molecular complexity index is 376. The number of hydrogen-bond acceptors (Lipinski definition) is 4. The van der Waals surface area contributed by atoms with Crippen molar-refractivity contribution in [3.05, 3.63) is 46.5 Å². The minimum Gasteiger partial charge on any atom is -0.508 e. The number of nitrogens with zero attached hydrogens (tertiary/aromatic N) is 1. The van der Waals surface area contributed by atoms with E-state index in [-0.39, 0.29) is 18.0 Å². The van der Waals surface area contributed by atoms with E-state index in [9.17, 15) is 15.2 Å². The van der Waals surface area contributed by atoms with Crippen molar-refractivity contribution in [3.8, 4) is 5.75 Å². The van der Waals surface area contributed by atoms with E-state index in [1.807, 2.05) is 0 Å². The van der Waals surface area contributed by atoms with Crippen molar-refractivity contribution in [1.29, 1.82) is 0 Å². The van der Waals surface area contributed by atoms with Crippen LogP contribution in [0.1, 0.15) is 5.56 Å². The van der Waals surface area contributed by atoms with Crippen molar-refractivity contribution in [1.82, 2.24) is 0 Å². The van der Waals surface area contributed by atoms with Gasteiger partial charge < -0.3 is 9.84 Å². The second-order valence-electron chi connectivity index (χ2n) is 2.87. The summed E-state index contributed by atoms with van der Waals surface area (Å²) < 4.78 is 5.08. The Morgan fingerprint density at radius 2 is 2.33 bits per heavy atom. The quantitative estimate of drug-likeness (QED) is 0.348. The van der Waals surface area contributed by atoms with Crippen molar-refractivity contribution in [3.63, 3.8) is 0 Å². The first-order valence-electron chi connectivity index (χ1n) is 4.30. The van der Waals surface area contributed by atoms with E-state index < -0.39 is 4.92 Å². The number of ether oxygens (including phenoxy) is 1. The molecule has 0 aliphatic heterocycles. The molecule has 1 aromatic rings. The number of rotatable bonds is 5. The molecule has 0 heterocycles. The van der Waals surface area contributed by atoms with Gasteiger partial charge in [0.25, 0.3) is 5.69 Å². The highest BCUT2D eigenvalue weighted by atomic mass is 16.6. The SMILES string of the molecule is C=CCOCc1cc(O)ccc1[N+](=O)[O-]. The fourth-order valence-electron chi connectivity index (χ4n) is 1.12. The molecule has 0 amide bonds. The molecule has 1 N–H and O–H groups in total. The fraction of sp³-hybridized carbons (Fsp3) is 0.200. The Morgan fingerprint density at radius 1 is 1.60 bits per heavy atom. The van der Waals surface area contributed by atoms with Crippen LogP contribution in [-0.4, -0.2) is 16.6 Å². The molecule has 0 unspecified atom stereocenters. The first-order valence-corrected chi connectivity index (χ1v) is 4.30. The summed E-state index contributed by atoms with van der Waals surface area (Å²) in [4.78, 5) is 10.1. The van der Waals surface area contributed by atoms with Gasteiger partial charge in [-0.2, -0.15) is 0 Å². The molecular formula is C10H11NO4. The second kappa shape index (κ2) is 5.11. The number of nitro groups is 1. The molecule has 1 rings (SSSR count). The van der Waals surface area contributed by atoms with Gasteiger partial charge >= 0.3 is 0 Å². The van der Waals surface area contributed by atoms with Crippen molar-refractivity contribution in [2.75, 3.05) is 6.61 Å². The Balaban J connectivity index is 2.86. The van der Waals surface area contributed by atoms with E-state index in [4.69, 9.17) is 4.74 Å². The van der Waals surface area contributed by atoms with E-state index in [1.54, 1.807) is 6.08 Å². The molecule has 0 saturated heterocycles. The highest BCUT2D eigenvalue weighted by Crippen LogP contribution is 2.23. The van der Waals surface area contributed by atoms with E-state index in [0.717, 1.165) is 0 Å². The van der Waals surface area contributed by atoms with Crippen LogP contribution in [0.25, 0.3) is 0 Å². The molecule has 0 aliphatic carbocycles. The summed E-state index contributed by atoms with van der Waals surface area (Å²) >= 11 is 0. The highest BCUT2D eigenvalue weighted by Gasteiger charge is 2.13. The molecule has 0 radical (unpaired) electrons. The first kappa shape index (κ1) is 11.2. The topological polar surface area (TPSA) is 72.6 Å². The van der Waals surface area contributed by atoms with Crippen LogP contribution in [0.4, 0.5) is 5.69 Å². The standard InChI is InChI=1S/C10H11NO4/c1-2-5-15-7-8-6-9(12)3-4-10(8)11(13)14/h2-4,6,12H,1,5,7H2. The summed E-state index contributed by atoms with van der Waals surface area (Å²) in [7, 11) is 0. The number of aromatic hydroxyl groups is 1. The summed E-state index contributed by atoms with van der Waals surface area (Å²) in [5.74, 6) is -0.0159. The van der Waals surface area contributed by atoms with Crippen LogP contribution in [0, 0.1) is 10.1 Å². The van der Waals surface area contributed by atoms with Crippen molar-refractivity contribution >= 4 is 5.69 Å². The smallest absolute Gasteiger partial charge is 0.275 e. The monoisotopic (exact) mass is 209 g/mol. The number of phenolic OH excluding ortho intramolecular Hbond substituents is 1. The molecule has 0 saturated carbocycles. The fourth-order valence-corrected chi connectivity index (χ4v) is 1.12. The molecule has 5 heteroatoms. The zero-order valence-corrected chi connectivity index (χ0v) is 8.05. The van der Waals surface area contributed by atoms with E-state index >= 15 is 0 Å². The van der Waals surface area contributed by atoms with Gasteiger partial charge in [-0.15, -0.1) is 6.58 Å². The lowest BCUT2D eigenvalue weighted by Gasteiger charge is -2.03. The van der Waals surface area contributed by atoms with Crippen LogP contribution in [0.3, 0.4) is 0 Å². The van der Waals surface area contributed by atoms with Crippen LogP contribution in [0.2, 0.25) is 0 Å². The van der Waals surface area contributed by atoms with Gasteiger partial charge in [0, 0.05) is 6.07 Å². The van der Waals surface area contributed by atoms with E-state index in [1.165, 1.54) is 18.2 Å². The van der Waals surface area contributed by atoms with Crippen LogP contribution in [-0.2, 0) is 11.3 Å². The molecule has 80 valence electrons. The number of benzene rings is 1. The zero-order chi connectivity index (χ0) is 11.3. The lowest BCUT2D eigenvalue weighted by atomic mass is 10.2. The summed E-state index contributed by atoms with van der Waals surface area (Å²) in [5.41, 5.74) is 0.290. The summed E-state index contributed by atoms with van der Waals surface area (Å²) in [5, 5.41) is 19.8. The van der Waals surface area contributed by atoms with Gasteiger partial charge in [0.2, 0.25) is 0 Å². The third-order valence-electron chi connectivity index (χ3n) is 1.75. The first-order chi connectivity index (χ1) is 7.15. The maximum atomic E-state index is 10.6. The summed E-state index contributed by atoms with van der Waals surface area (Å²) in [6.07, 6.45) is 1.55. The largest absolute Gasteiger partial charge is 0.508 e. The lowest BCUT2D eigenvalue weighted by Crippen LogP contribution is -1.98. The van der Waals surface area contributed by atoms with Gasteiger partial charge in [0.05, 0.1) is 23.7 Å². The Labute approximate surface area is 86.8 Å². The van der Waals surface area contributed by atoms with Gasteiger partial charge in [-0.25, -0.2) is 0 Å². The molecule has 0 fully saturated rings. The predicted molar refractivity (Wildman–Crippen MR) is 54.6 cm³/mol. The molecule has 0 bridgehead atoms. The molecule has 5 nitrogen and oxygen atoms in total. The van der Waals surface area contributed by atoms with Crippen molar-refractivity contribution < 1.29 is 14.8 Å². The molecule has 0 spiro atoms. The molecule has 0 aliphatic rings. The highest BCUT2D eigenvalue weighted by molar-refractivity contribution is 5.44. The number of phenols is 1. The Hall–Kier alpha value is -1.88. The van der Waals surface area contributed by atoms with Crippen molar-refractivity contribution in [2.24, 2.45) is 0 Å². The van der Waals surface area contributed by atoms with E-state index in [0.29, 0.717) is 12.2 Å². The van der Waals surface area contributed by atoms with Gasteiger partial charge in [-0.1, -0.05) is 6.08 Å². The van der Waals surface area contributed by atoms with Crippen LogP contribution >= 0.6 is 0 Å². The van der Waals surface area contributed by atoms with E-state index in [2.05, 4.69) is 6.58 Å². The predicted octanol–water partition coefficient (Wildman–Crippen LogP) is 2.00. The van der Waals surface area contributed by atoms with Crippen molar-refractivity contribution in [2.45, 2.75) is 6.61 Å². The third kappa shape index (κ3) is 3.07. The maximum absolute atomic E-state index is 10.6. The average molecular weight is 209 g/mol. The van der Waals surface area contributed by atoms with Gasteiger partial charge in [0.1, 0.15) is 5.75 Å². The summed E-state index contributed by atoms with van der Waals surface area (Å²) in [6.45, 7) is 3.85. The molecular weight excluding hydrogens is 198 g/mol. The van der Waals surface area contributed by atoms with Crippen LogP contribution in [0.5, 0.6) is 5.75 Å². The minimum absolute atomic E-state index is 0.0159. The molecule has 15 heavy (non-hydrogen) atoms. The van der Waals surface area contributed by atoms with Gasteiger partial charge in [0.15, 0.2) is 0 Å². The minimum atomic E-state index is -0.508. The second-order valence-corrected chi connectivity index (χ2v) is 2.87. The maximum Gasteiger partial charge on any atom is 0.275 e.